The average Bonchev–Trinajstić information content (AvgIpc) is 3.20. The van der Waals surface area contributed by atoms with Crippen LogP contribution < -0.4 is 4.74 Å². The Bertz CT molecular complexity index is 600. The number of esters is 1. The zero-order chi connectivity index (χ0) is 15.7. The third kappa shape index (κ3) is 2.77. The van der Waals surface area contributed by atoms with E-state index in [1.54, 1.807) is 7.11 Å². The van der Waals surface area contributed by atoms with Crippen LogP contribution in [0.4, 0.5) is 0 Å². The zero-order valence-electron chi connectivity index (χ0n) is 13.6. The van der Waals surface area contributed by atoms with Crippen molar-refractivity contribution in [3.05, 3.63) is 41.2 Å². The number of carbonyl (C=O) groups is 1. The van der Waals surface area contributed by atoms with Gasteiger partial charge in [0, 0.05) is 13.3 Å². The van der Waals surface area contributed by atoms with Crippen molar-refractivity contribution in [2.45, 2.75) is 51.9 Å². The van der Waals surface area contributed by atoms with Crippen molar-refractivity contribution in [2.24, 2.45) is 5.41 Å². The molecule has 0 N–H and O–H groups in total. The van der Waals surface area contributed by atoms with Crippen LogP contribution in [0.3, 0.4) is 0 Å². The van der Waals surface area contributed by atoms with E-state index < -0.39 is 0 Å². The van der Waals surface area contributed by atoms with Gasteiger partial charge in [-0.25, -0.2) is 0 Å². The number of ether oxygens (including phenoxy) is 2. The number of rotatable bonds is 4. The first-order valence-electron chi connectivity index (χ1n) is 8.09. The molecule has 0 radical (unpaired) electrons. The minimum atomic E-state index is -0.195. The van der Waals surface area contributed by atoms with Crippen molar-refractivity contribution in [1.29, 1.82) is 0 Å². The van der Waals surface area contributed by atoms with E-state index in [0.717, 1.165) is 37.2 Å². The second-order valence-electron chi connectivity index (χ2n) is 6.65. The molecule has 3 rings (SSSR count). The highest BCUT2D eigenvalue weighted by atomic mass is 16.5. The molecule has 0 amide bonds. The highest BCUT2D eigenvalue weighted by Gasteiger charge is 2.54. The number of benzene rings is 1. The Hall–Kier alpha value is -1.77. The van der Waals surface area contributed by atoms with E-state index in [0.29, 0.717) is 5.92 Å². The van der Waals surface area contributed by atoms with Gasteiger partial charge >= 0.3 is 5.97 Å². The largest absolute Gasteiger partial charge is 0.497 e. The van der Waals surface area contributed by atoms with Gasteiger partial charge in [0.05, 0.1) is 7.11 Å². The molecule has 2 aliphatic carbocycles. The van der Waals surface area contributed by atoms with Crippen LogP contribution in [0.25, 0.3) is 0 Å². The number of hydrogen-bond donors (Lipinski definition) is 0. The summed E-state index contributed by atoms with van der Waals surface area (Å²) >= 11 is 0. The Balaban J connectivity index is 1.84. The van der Waals surface area contributed by atoms with Gasteiger partial charge in [-0.2, -0.15) is 0 Å². The molecule has 2 atom stereocenters. The molecule has 0 saturated heterocycles. The predicted molar refractivity (Wildman–Crippen MR) is 85.7 cm³/mol. The first kappa shape index (κ1) is 15.1. The minimum Gasteiger partial charge on any atom is -0.497 e. The van der Waals surface area contributed by atoms with Crippen LogP contribution in [-0.4, -0.2) is 13.1 Å². The second kappa shape index (κ2) is 5.79. The highest BCUT2D eigenvalue weighted by molar-refractivity contribution is 5.67. The fourth-order valence-electron chi connectivity index (χ4n) is 3.79. The summed E-state index contributed by atoms with van der Waals surface area (Å²) in [5.74, 6) is 2.16. The van der Waals surface area contributed by atoms with Gasteiger partial charge < -0.3 is 9.47 Å². The van der Waals surface area contributed by atoms with Crippen LogP contribution in [0.1, 0.15) is 57.4 Å². The molecule has 0 unspecified atom stereocenters. The van der Waals surface area contributed by atoms with Gasteiger partial charge in [0.2, 0.25) is 0 Å². The molecule has 0 aliphatic heterocycles. The first-order chi connectivity index (χ1) is 10.5. The van der Waals surface area contributed by atoms with E-state index in [9.17, 15) is 4.79 Å². The maximum atomic E-state index is 11.4. The second-order valence-corrected chi connectivity index (χ2v) is 6.65. The van der Waals surface area contributed by atoms with Gasteiger partial charge in [-0.15, -0.1) is 0 Å². The first-order valence-corrected chi connectivity index (χ1v) is 8.09. The fourth-order valence-corrected chi connectivity index (χ4v) is 3.79. The van der Waals surface area contributed by atoms with Gasteiger partial charge in [0.25, 0.3) is 0 Å². The molecule has 0 aromatic heterocycles. The number of hydrogen-bond acceptors (Lipinski definition) is 3. The Morgan fingerprint density at radius 3 is 2.50 bits per heavy atom. The monoisotopic (exact) mass is 300 g/mol. The van der Waals surface area contributed by atoms with Gasteiger partial charge in [0.15, 0.2) is 0 Å². The molecule has 22 heavy (non-hydrogen) atoms. The SMILES string of the molecule is COc1ccc([C@@H]2C[C@@]2(C)C2=C(OC(C)=O)CCCC2)cc1. The van der Waals surface area contributed by atoms with Crippen molar-refractivity contribution >= 4 is 5.97 Å². The van der Waals surface area contributed by atoms with E-state index >= 15 is 0 Å². The highest BCUT2D eigenvalue weighted by Crippen LogP contribution is 2.65. The molecule has 1 saturated carbocycles. The summed E-state index contributed by atoms with van der Waals surface area (Å²) in [6, 6.07) is 8.36. The van der Waals surface area contributed by atoms with Gasteiger partial charge in [0.1, 0.15) is 11.5 Å². The summed E-state index contributed by atoms with van der Waals surface area (Å²) in [7, 11) is 1.69. The Kier molecular flexibility index (Phi) is 3.98. The smallest absolute Gasteiger partial charge is 0.307 e. The summed E-state index contributed by atoms with van der Waals surface area (Å²) in [5, 5.41) is 0. The summed E-state index contributed by atoms with van der Waals surface area (Å²) in [5.41, 5.74) is 2.87. The number of carbonyl (C=O) groups excluding carboxylic acids is 1. The summed E-state index contributed by atoms with van der Waals surface area (Å²) in [4.78, 5) is 11.4. The lowest BCUT2D eigenvalue weighted by Crippen LogP contribution is -2.14. The number of allylic oxidation sites excluding steroid dienone is 2. The molecule has 1 aromatic rings. The molecule has 2 aliphatic rings. The van der Waals surface area contributed by atoms with Crippen molar-refractivity contribution in [3.63, 3.8) is 0 Å². The topological polar surface area (TPSA) is 35.5 Å². The lowest BCUT2D eigenvalue weighted by atomic mass is 9.84. The summed E-state index contributed by atoms with van der Waals surface area (Å²) in [6.45, 7) is 3.81. The normalized spacial score (nSPS) is 27.5. The molecule has 1 fully saturated rings. The van der Waals surface area contributed by atoms with Gasteiger partial charge in [-0.05, 0) is 60.3 Å². The average molecular weight is 300 g/mol. The summed E-state index contributed by atoms with van der Waals surface area (Å²) < 4.78 is 10.7. The van der Waals surface area contributed by atoms with E-state index in [1.165, 1.54) is 24.5 Å². The fraction of sp³-hybridized carbons (Fsp3) is 0.526. The van der Waals surface area contributed by atoms with Crippen LogP contribution in [0.5, 0.6) is 5.75 Å². The minimum absolute atomic E-state index is 0.153. The molecular weight excluding hydrogens is 276 g/mol. The third-order valence-corrected chi connectivity index (χ3v) is 5.13. The van der Waals surface area contributed by atoms with Crippen LogP contribution in [0, 0.1) is 5.41 Å². The molecule has 0 bridgehead atoms. The molecule has 0 spiro atoms. The van der Waals surface area contributed by atoms with E-state index in [4.69, 9.17) is 9.47 Å². The van der Waals surface area contributed by atoms with Gasteiger partial charge in [-0.1, -0.05) is 19.1 Å². The lowest BCUT2D eigenvalue weighted by molar-refractivity contribution is -0.137. The molecular formula is C19H24O3. The molecule has 3 heteroatoms. The van der Waals surface area contributed by atoms with Gasteiger partial charge in [-0.3, -0.25) is 4.79 Å². The van der Waals surface area contributed by atoms with Crippen molar-refractivity contribution in [3.8, 4) is 5.75 Å². The van der Waals surface area contributed by atoms with Crippen LogP contribution in [-0.2, 0) is 9.53 Å². The third-order valence-electron chi connectivity index (χ3n) is 5.13. The van der Waals surface area contributed by atoms with Crippen molar-refractivity contribution < 1.29 is 14.3 Å². The van der Waals surface area contributed by atoms with E-state index in [2.05, 4.69) is 19.1 Å². The summed E-state index contributed by atoms with van der Waals surface area (Å²) in [6.07, 6.45) is 5.42. The van der Waals surface area contributed by atoms with E-state index in [-0.39, 0.29) is 11.4 Å². The van der Waals surface area contributed by atoms with Crippen molar-refractivity contribution in [1.82, 2.24) is 0 Å². The Morgan fingerprint density at radius 1 is 1.18 bits per heavy atom. The molecule has 3 nitrogen and oxygen atoms in total. The molecule has 0 heterocycles. The van der Waals surface area contributed by atoms with Crippen LogP contribution in [0.15, 0.2) is 35.6 Å². The predicted octanol–water partition coefficient (Wildman–Crippen LogP) is 4.58. The Morgan fingerprint density at radius 2 is 1.86 bits per heavy atom. The quantitative estimate of drug-likeness (QED) is 0.763. The van der Waals surface area contributed by atoms with E-state index in [1.807, 2.05) is 12.1 Å². The van der Waals surface area contributed by atoms with Crippen LogP contribution >= 0.6 is 0 Å². The standard InChI is InChI=1S/C19H24O3/c1-13(20)22-18-7-5-4-6-16(18)19(2)12-17(19)14-8-10-15(21-3)11-9-14/h8-11,17H,4-7,12H2,1-3H3/t17-,19-/m0/s1. The van der Waals surface area contributed by atoms with Crippen LogP contribution in [0.2, 0.25) is 0 Å². The molecule has 118 valence electrons. The maximum absolute atomic E-state index is 11.4. The Labute approximate surface area is 132 Å². The maximum Gasteiger partial charge on any atom is 0.307 e. The lowest BCUT2D eigenvalue weighted by Gasteiger charge is -2.25. The van der Waals surface area contributed by atoms with Crippen molar-refractivity contribution in [2.75, 3.05) is 7.11 Å². The molecule has 1 aromatic carbocycles. The number of methoxy groups -OCH3 is 1. The zero-order valence-corrected chi connectivity index (χ0v) is 13.6.